The van der Waals surface area contributed by atoms with E-state index < -0.39 is 0 Å². The van der Waals surface area contributed by atoms with Crippen molar-refractivity contribution in [1.29, 1.82) is 0 Å². The van der Waals surface area contributed by atoms with E-state index in [0.29, 0.717) is 6.54 Å². The largest absolute Gasteiger partial charge is 0.396 e. The number of hydrogen-bond acceptors (Lipinski definition) is 4. The Balaban J connectivity index is 2.54. The van der Waals surface area contributed by atoms with Crippen LogP contribution in [0.1, 0.15) is 10.4 Å². The van der Waals surface area contributed by atoms with E-state index in [-0.39, 0.29) is 6.61 Å². The SMILES string of the molecule is NCC#Cc1ccsc1CSCCO. The van der Waals surface area contributed by atoms with E-state index in [2.05, 4.69) is 11.8 Å². The van der Waals surface area contributed by atoms with Crippen molar-refractivity contribution in [1.82, 2.24) is 0 Å². The second-order valence-electron chi connectivity index (χ2n) is 2.54. The molecule has 0 aromatic carbocycles. The number of rotatable bonds is 4. The molecule has 0 saturated heterocycles. The molecule has 0 aliphatic heterocycles. The summed E-state index contributed by atoms with van der Waals surface area (Å²) in [5, 5.41) is 10.7. The van der Waals surface area contributed by atoms with Crippen molar-refractivity contribution in [3.05, 3.63) is 21.9 Å². The molecule has 0 radical (unpaired) electrons. The van der Waals surface area contributed by atoms with Gasteiger partial charge in [-0.05, 0) is 11.4 Å². The lowest BCUT2D eigenvalue weighted by Gasteiger charge is -1.97. The van der Waals surface area contributed by atoms with Crippen LogP contribution in [-0.2, 0) is 5.75 Å². The maximum Gasteiger partial charge on any atom is 0.0555 e. The lowest BCUT2D eigenvalue weighted by atomic mass is 10.3. The second kappa shape index (κ2) is 6.91. The van der Waals surface area contributed by atoms with Gasteiger partial charge < -0.3 is 10.8 Å². The Kier molecular flexibility index (Phi) is 5.72. The highest BCUT2D eigenvalue weighted by Crippen LogP contribution is 2.21. The van der Waals surface area contributed by atoms with Gasteiger partial charge in [0.05, 0.1) is 13.2 Å². The van der Waals surface area contributed by atoms with Gasteiger partial charge in [0.2, 0.25) is 0 Å². The number of aliphatic hydroxyl groups excluding tert-OH is 1. The number of aliphatic hydroxyl groups is 1. The van der Waals surface area contributed by atoms with Crippen molar-refractivity contribution in [3.63, 3.8) is 0 Å². The molecule has 76 valence electrons. The highest BCUT2D eigenvalue weighted by atomic mass is 32.2. The van der Waals surface area contributed by atoms with Gasteiger partial charge in [-0.3, -0.25) is 0 Å². The summed E-state index contributed by atoms with van der Waals surface area (Å²) in [6.07, 6.45) is 0. The summed E-state index contributed by atoms with van der Waals surface area (Å²) >= 11 is 3.42. The van der Waals surface area contributed by atoms with E-state index in [1.165, 1.54) is 4.88 Å². The quantitative estimate of drug-likeness (QED) is 0.602. The van der Waals surface area contributed by atoms with Crippen LogP contribution in [-0.4, -0.2) is 24.0 Å². The standard InChI is InChI=1S/C10H13NOS2/c11-4-1-2-9-3-6-14-10(9)8-13-7-5-12/h3,6,12H,4-5,7-8,11H2. The molecule has 0 unspecified atom stereocenters. The zero-order chi connectivity index (χ0) is 10.2. The summed E-state index contributed by atoms with van der Waals surface area (Å²) in [4.78, 5) is 1.27. The van der Waals surface area contributed by atoms with E-state index in [1.807, 2.05) is 11.4 Å². The predicted octanol–water partition coefficient (Wildman–Crippen LogP) is 1.28. The summed E-state index contributed by atoms with van der Waals surface area (Å²) in [5.41, 5.74) is 6.38. The average Bonchev–Trinajstić information content (AvgIpc) is 2.63. The first-order valence-corrected chi connectivity index (χ1v) is 6.36. The molecule has 3 N–H and O–H groups in total. The average molecular weight is 227 g/mol. The van der Waals surface area contributed by atoms with Gasteiger partial charge in [-0.25, -0.2) is 0 Å². The number of thioether (sulfide) groups is 1. The smallest absolute Gasteiger partial charge is 0.0555 e. The second-order valence-corrected chi connectivity index (χ2v) is 4.65. The molecule has 0 spiro atoms. The fourth-order valence-electron chi connectivity index (χ4n) is 0.939. The summed E-state index contributed by atoms with van der Waals surface area (Å²) in [6, 6.07) is 2.02. The Morgan fingerprint density at radius 2 is 2.43 bits per heavy atom. The molecule has 0 amide bonds. The first kappa shape index (κ1) is 11.6. The molecule has 0 bridgehead atoms. The van der Waals surface area contributed by atoms with Gasteiger partial charge in [-0.15, -0.1) is 11.3 Å². The molecule has 0 atom stereocenters. The van der Waals surface area contributed by atoms with E-state index >= 15 is 0 Å². The van der Waals surface area contributed by atoms with Gasteiger partial charge in [0.1, 0.15) is 0 Å². The Labute approximate surface area is 92.5 Å². The van der Waals surface area contributed by atoms with Crippen LogP contribution in [0.15, 0.2) is 11.4 Å². The minimum atomic E-state index is 0.236. The normalized spacial score (nSPS) is 9.57. The third-order valence-corrected chi connectivity index (χ3v) is 3.61. The molecular formula is C10H13NOS2. The summed E-state index contributed by atoms with van der Waals surface area (Å²) < 4.78 is 0. The zero-order valence-electron chi connectivity index (χ0n) is 7.82. The molecule has 0 aliphatic rings. The molecule has 4 heteroatoms. The van der Waals surface area contributed by atoms with Crippen LogP contribution in [0.2, 0.25) is 0 Å². The number of hydrogen-bond donors (Lipinski definition) is 2. The van der Waals surface area contributed by atoms with E-state index in [4.69, 9.17) is 10.8 Å². The van der Waals surface area contributed by atoms with Crippen LogP contribution < -0.4 is 5.73 Å². The monoisotopic (exact) mass is 227 g/mol. The maximum absolute atomic E-state index is 8.64. The molecule has 2 nitrogen and oxygen atoms in total. The topological polar surface area (TPSA) is 46.2 Å². The van der Waals surface area contributed by atoms with Crippen molar-refractivity contribution < 1.29 is 5.11 Å². The maximum atomic E-state index is 8.64. The van der Waals surface area contributed by atoms with Crippen molar-refractivity contribution in [2.75, 3.05) is 18.9 Å². The van der Waals surface area contributed by atoms with Crippen LogP contribution in [0.3, 0.4) is 0 Å². The summed E-state index contributed by atoms with van der Waals surface area (Å²) in [5.74, 6) is 7.59. The predicted molar refractivity (Wildman–Crippen MR) is 63.5 cm³/mol. The van der Waals surface area contributed by atoms with Crippen molar-refractivity contribution >= 4 is 23.1 Å². The van der Waals surface area contributed by atoms with E-state index in [1.54, 1.807) is 23.1 Å². The molecule has 1 aromatic rings. The Hall–Kier alpha value is -0.470. The zero-order valence-corrected chi connectivity index (χ0v) is 9.46. The third kappa shape index (κ3) is 3.72. The highest BCUT2D eigenvalue weighted by Gasteiger charge is 2.01. The minimum Gasteiger partial charge on any atom is -0.396 e. The minimum absolute atomic E-state index is 0.236. The van der Waals surface area contributed by atoms with Gasteiger partial charge in [0.25, 0.3) is 0 Å². The van der Waals surface area contributed by atoms with Gasteiger partial charge in [0, 0.05) is 21.9 Å². The van der Waals surface area contributed by atoms with Gasteiger partial charge >= 0.3 is 0 Å². The van der Waals surface area contributed by atoms with Crippen molar-refractivity contribution in [2.24, 2.45) is 5.73 Å². The first-order chi connectivity index (χ1) is 6.88. The number of nitrogens with two attached hydrogens (primary N) is 1. The van der Waals surface area contributed by atoms with Gasteiger partial charge in [0.15, 0.2) is 0 Å². The third-order valence-electron chi connectivity index (χ3n) is 1.54. The van der Waals surface area contributed by atoms with E-state index in [9.17, 15) is 0 Å². The molecule has 0 fully saturated rings. The lowest BCUT2D eigenvalue weighted by Crippen LogP contribution is -1.93. The fraction of sp³-hybridized carbons (Fsp3) is 0.400. The fourth-order valence-corrected chi connectivity index (χ4v) is 2.69. The first-order valence-electron chi connectivity index (χ1n) is 4.32. The Bertz CT molecular complexity index is 324. The van der Waals surface area contributed by atoms with Crippen molar-refractivity contribution in [2.45, 2.75) is 5.75 Å². The Morgan fingerprint density at radius 1 is 1.57 bits per heavy atom. The van der Waals surface area contributed by atoms with Gasteiger partial charge in [-0.2, -0.15) is 11.8 Å². The van der Waals surface area contributed by atoms with Crippen LogP contribution >= 0.6 is 23.1 Å². The van der Waals surface area contributed by atoms with Crippen molar-refractivity contribution in [3.8, 4) is 11.8 Å². The molecule has 1 heterocycles. The van der Waals surface area contributed by atoms with E-state index in [0.717, 1.165) is 17.1 Å². The lowest BCUT2D eigenvalue weighted by molar-refractivity contribution is 0.322. The Morgan fingerprint density at radius 3 is 3.14 bits per heavy atom. The van der Waals surface area contributed by atoms with Crippen LogP contribution in [0.5, 0.6) is 0 Å². The number of thiophene rings is 1. The molecule has 0 saturated carbocycles. The molecule has 14 heavy (non-hydrogen) atoms. The summed E-state index contributed by atoms with van der Waals surface area (Å²) in [6.45, 7) is 0.638. The van der Waals surface area contributed by atoms with Gasteiger partial charge in [-0.1, -0.05) is 11.8 Å². The summed E-state index contributed by atoms with van der Waals surface area (Å²) in [7, 11) is 0. The molecule has 0 aliphatic carbocycles. The molecule has 1 rings (SSSR count). The molecule has 1 aromatic heterocycles. The molecular weight excluding hydrogens is 214 g/mol. The highest BCUT2D eigenvalue weighted by molar-refractivity contribution is 7.98. The van der Waals surface area contributed by atoms with Crippen LogP contribution in [0.4, 0.5) is 0 Å². The van der Waals surface area contributed by atoms with Crippen LogP contribution in [0.25, 0.3) is 0 Å². The van der Waals surface area contributed by atoms with Crippen LogP contribution in [0, 0.1) is 11.8 Å².